The van der Waals surface area contributed by atoms with E-state index in [0.29, 0.717) is 10.2 Å². The van der Waals surface area contributed by atoms with Crippen LogP contribution in [0.15, 0.2) is 22.7 Å². The molecule has 0 bridgehead atoms. The lowest BCUT2D eigenvalue weighted by Gasteiger charge is -2.21. The molecule has 0 spiro atoms. The van der Waals surface area contributed by atoms with Gasteiger partial charge < -0.3 is 10.4 Å². The fourth-order valence-corrected chi connectivity index (χ4v) is 2.04. The number of aliphatic carboxylic acids is 1. The molecule has 1 aromatic carbocycles. The molecule has 6 heteroatoms. The Labute approximate surface area is 119 Å². The summed E-state index contributed by atoms with van der Waals surface area (Å²) in [5, 5.41) is 11.3. The first kappa shape index (κ1) is 15.6. The monoisotopic (exact) mass is 331 g/mol. The van der Waals surface area contributed by atoms with E-state index in [4.69, 9.17) is 5.11 Å². The van der Waals surface area contributed by atoms with Crippen LogP contribution in [0.2, 0.25) is 0 Å². The summed E-state index contributed by atoms with van der Waals surface area (Å²) in [5.74, 6) is -1.76. The van der Waals surface area contributed by atoms with E-state index in [1.54, 1.807) is 13.8 Å². The van der Waals surface area contributed by atoms with Gasteiger partial charge in [0.1, 0.15) is 5.82 Å². The number of rotatable bonds is 5. The summed E-state index contributed by atoms with van der Waals surface area (Å²) >= 11 is 3.20. The summed E-state index contributed by atoms with van der Waals surface area (Å²) in [7, 11) is 0. The summed E-state index contributed by atoms with van der Waals surface area (Å²) in [6, 6.07) is 3.97. The summed E-state index contributed by atoms with van der Waals surface area (Å²) < 4.78 is 13.6. The van der Waals surface area contributed by atoms with E-state index in [1.165, 1.54) is 18.2 Å². The third-order valence-corrected chi connectivity index (χ3v) is 3.16. The van der Waals surface area contributed by atoms with Gasteiger partial charge in [0.2, 0.25) is 5.91 Å². The van der Waals surface area contributed by atoms with Gasteiger partial charge in [-0.3, -0.25) is 9.59 Å². The predicted octanol–water partition coefficient (Wildman–Crippen LogP) is 3.42. The Hall–Kier alpha value is -1.43. The zero-order valence-electron chi connectivity index (χ0n) is 10.7. The maximum atomic E-state index is 13.1. The Morgan fingerprint density at radius 2 is 2.00 bits per heavy atom. The minimum Gasteiger partial charge on any atom is -0.481 e. The zero-order chi connectivity index (χ0) is 14.6. The van der Waals surface area contributed by atoms with E-state index in [1.807, 2.05) is 0 Å². The number of hydrogen-bond acceptors (Lipinski definition) is 2. The molecule has 0 saturated carbocycles. The summed E-state index contributed by atoms with van der Waals surface area (Å²) in [6.07, 6.45) is -0.0625. The first-order valence-corrected chi connectivity index (χ1v) is 6.46. The van der Waals surface area contributed by atoms with Crippen molar-refractivity contribution in [1.82, 2.24) is 0 Å². The van der Waals surface area contributed by atoms with Crippen LogP contribution in [0.25, 0.3) is 0 Å². The molecule has 0 atom stereocenters. The predicted molar refractivity (Wildman–Crippen MR) is 73.4 cm³/mol. The lowest BCUT2D eigenvalue weighted by Crippen LogP contribution is -2.25. The average molecular weight is 332 g/mol. The molecule has 0 fully saturated rings. The zero-order valence-corrected chi connectivity index (χ0v) is 12.3. The Bertz CT molecular complexity index is 503. The van der Waals surface area contributed by atoms with Gasteiger partial charge in [0.25, 0.3) is 0 Å². The average Bonchev–Trinajstić information content (AvgIpc) is 2.20. The Kier molecular flexibility index (Phi) is 5.05. The summed E-state index contributed by atoms with van der Waals surface area (Å²) in [5.41, 5.74) is -0.327. The molecule has 0 radical (unpaired) electrons. The van der Waals surface area contributed by atoms with Crippen molar-refractivity contribution in [2.75, 3.05) is 5.32 Å². The minimum atomic E-state index is -0.954. The molecule has 104 valence electrons. The van der Waals surface area contributed by atoms with E-state index in [9.17, 15) is 14.0 Å². The van der Waals surface area contributed by atoms with Crippen LogP contribution >= 0.6 is 15.9 Å². The van der Waals surface area contributed by atoms with Crippen molar-refractivity contribution in [3.05, 3.63) is 28.5 Å². The van der Waals surface area contributed by atoms with Crippen LogP contribution in [0.3, 0.4) is 0 Å². The Balaban J connectivity index is 2.70. The second kappa shape index (κ2) is 6.14. The highest BCUT2D eigenvalue weighted by Gasteiger charge is 2.25. The van der Waals surface area contributed by atoms with Gasteiger partial charge in [-0.05, 0) is 39.5 Å². The first-order valence-electron chi connectivity index (χ1n) is 5.66. The molecule has 0 saturated heterocycles. The number of amides is 1. The van der Waals surface area contributed by atoms with Crippen molar-refractivity contribution in [3.63, 3.8) is 0 Å². The number of carbonyl (C=O) groups excluding carboxylic acids is 1. The molecule has 4 nitrogen and oxygen atoms in total. The van der Waals surface area contributed by atoms with Crippen molar-refractivity contribution in [2.45, 2.75) is 26.7 Å². The highest BCUT2D eigenvalue weighted by Crippen LogP contribution is 2.27. The van der Waals surface area contributed by atoms with Crippen LogP contribution < -0.4 is 5.32 Å². The van der Waals surface area contributed by atoms with Gasteiger partial charge in [-0.1, -0.05) is 13.8 Å². The molecule has 0 unspecified atom stereocenters. The standard InChI is InChI=1S/C13H15BrFNO3/c1-13(2,7-12(18)19)6-11(17)16-10-5-8(15)3-4-9(10)14/h3-5H,6-7H2,1-2H3,(H,16,17)(H,18,19). The quantitative estimate of drug-likeness (QED) is 0.868. The molecule has 0 aliphatic heterocycles. The molecule has 2 N–H and O–H groups in total. The number of hydrogen-bond donors (Lipinski definition) is 2. The largest absolute Gasteiger partial charge is 0.481 e. The van der Waals surface area contributed by atoms with Crippen LogP contribution in [0.5, 0.6) is 0 Å². The lowest BCUT2D eigenvalue weighted by molar-refractivity contribution is -0.139. The van der Waals surface area contributed by atoms with Crippen molar-refractivity contribution >= 4 is 33.5 Å². The summed E-state index contributed by atoms with van der Waals surface area (Å²) in [6.45, 7) is 3.39. The molecule has 1 aromatic rings. The molecular formula is C13H15BrFNO3. The molecular weight excluding hydrogens is 317 g/mol. The summed E-state index contributed by atoms with van der Waals surface area (Å²) in [4.78, 5) is 22.5. The van der Waals surface area contributed by atoms with Gasteiger partial charge in [-0.25, -0.2) is 4.39 Å². The smallest absolute Gasteiger partial charge is 0.303 e. The van der Waals surface area contributed by atoms with Crippen LogP contribution in [0, 0.1) is 11.2 Å². The van der Waals surface area contributed by atoms with Crippen LogP contribution in [-0.4, -0.2) is 17.0 Å². The van der Waals surface area contributed by atoms with Crippen LogP contribution in [0.1, 0.15) is 26.7 Å². The molecule has 1 rings (SSSR count). The van der Waals surface area contributed by atoms with Gasteiger partial charge in [-0.2, -0.15) is 0 Å². The Morgan fingerprint density at radius 3 is 2.58 bits per heavy atom. The fourth-order valence-electron chi connectivity index (χ4n) is 1.69. The topological polar surface area (TPSA) is 66.4 Å². The number of nitrogens with one attached hydrogen (secondary N) is 1. The number of anilines is 1. The lowest BCUT2D eigenvalue weighted by atomic mass is 9.85. The maximum Gasteiger partial charge on any atom is 0.303 e. The van der Waals surface area contributed by atoms with Gasteiger partial charge in [0.05, 0.1) is 12.1 Å². The first-order chi connectivity index (χ1) is 8.69. The molecule has 0 heterocycles. The maximum absolute atomic E-state index is 13.1. The van der Waals surface area contributed by atoms with Crippen molar-refractivity contribution in [1.29, 1.82) is 0 Å². The molecule has 19 heavy (non-hydrogen) atoms. The number of carboxylic acid groups (broad SMARTS) is 1. The third-order valence-electron chi connectivity index (χ3n) is 2.47. The minimum absolute atomic E-state index is 0.0439. The highest BCUT2D eigenvalue weighted by molar-refractivity contribution is 9.10. The van der Waals surface area contributed by atoms with Crippen molar-refractivity contribution in [3.8, 4) is 0 Å². The molecule has 0 aromatic heterocycles. The van der Waals surface area contributed by atoms with E-state index in [0.717, 1.165) is 0 Å². The normalized spacial score (nSPS) is 11.2. The van der Waals surface area contributed by atoms with Gasteiger partial charge in [0.15, 0.2) is 0 Å². The van der Waals surface area contributed by atoms with Gasteiger partial charge in [0, 0.05) is 10.9 Å². The van der Waals surface area contributed by atoms with Crippen LogP contribution in [-0.2, 0) is 9.59 Å². The fraction of sp³-hybridized carbons (Fsp3) is 0.385. The van der Waals surface area contributed by atoms with E-state index >= 15 is 0 Å². The molecule has 0 aliphatic carbocycles. The van der Waals surface area contributed by atoms with Gasteiger partial charge in [-0.15, -0.1) is 0 Å². The Morgan fingerprint density at radius 1 is 1.37 bits per heavy atom. The van der Waals surface area contributed by atoms with Crippen LogP contribution in [0.4, 0.5) is 10.1 Å². The number of carboxylic acids is 1. The van der Waals surface area contributed by atoms with E-state index < -0.39 is 17.2 Å². The van der Waals surface area contributed by atoms with E-state index in [2.05, 4.69) is 21.2 Å². The molecule has 0 aliphatic rings. The third kappa shape index (κ3) is 5.38. The number of benzene rings is 1. The van der Waals surface area contributed by atoms with Crippen molar-refractivity contribution in [2.24, 2.45) is 5.41 Å². The van der Waals surface area contributed by atoms with Crippen molar-refractivity contribution < 1.29 is 19.1 Å². The second-order valence-corrected chi connectivity index (χ2v) is 5.94. The number of halogens is 2. The van der Waals surface area contributed by atoms with Gasteiger partial charge >= 0.3 is 5.97 Å². The highest BCUT2D eigenvalue weighted by atomic mass is 79.9. The SMILES string of the molecule is CC(C)(CC(=O)O)CC(=O)Nc1cc(F)ccc1Br. The number of carbonyl (C=O) groups is 2. The molecule has 1 amide bonds. The second-order valence-electron chi connectivity index (χ2n) is 5.08. The van der Waals surface area contributed by atoms with E-state index in [-0.39, 0.29) is 18.7 Å².